The number of ether oxygens (including phenoxy) is 1. The average Bonchev–Trinajstić information content (AvgIpc) is 3.00. The summed E-state index contributed by atoms with van der Waals surface area (Å²) in [5.41, 5.74) is 0.986. The molecule has 21 heavy (non-hydrogen) atoms. The highest BCUT2D eigenvalue weighted by Gasteiger charge is 2.43. The molecule has 1 heterocycles. The first kappa shape index (κ1) is 14.1. The van der Waals surface area contributed by atoms with Gasteiger partial charge in [0, 0.05) is 18.3 Å². The fourth-order valence-electron chi connectivity index (χ4n) is 3.92. The molecule has 1 aromatic rings. The van der Waals surface area contributed by atoms with Gasteiger partial charge in [-0.1, -0.05) is 31.0 Å². The van der Waals surface area contributed by atoms with Crippen LogP contribution in [0.3, 0.4) is 0 Å². The number of carbonyl (C=O) groups is 2. The topological polar surface area (TPSA) is 55.4 Å². The van der Waals surface area contributed by atoms with Crippen LogP contribution in [0.15, 0.2) is 24.3 Å². The van der Waals surface area contributed by atoms with Crippen molar-refractivity contribution in [3.63, 3.8) is 0 Å². The minimum Gasteiger partial charge on any atom is -0.496 e. The Hall–Kier alpha value is -1.84. The molecule has 2 unspecified atom stereocenters. The molecule has 3 rings (SSSR count). The van der Waals surface area contributed by atoms with Crippen LogP contribution in [-0.2, 0) is 9.59 Å². The lowest BCUT2D eigenvalue weighted by atomic mass is 9.72. The summed E-state index contributed by atoms with van der Waals surface area (Å²) >= 11 is 0. The molecule has 1 aliphatic heterocycles. The zero-order chi connectivity index (χ0) is 14.8. The molecule has 2 atom stereocenters. The van der Waals surface area contributed by atoms with Crippen molar-refractivity contribution in [2.24, 2.45) is 11.8 Å². The molecule has 0 spiro atoms. The van der Waals surface area contributed by atoms with E-state index in [1.54, 1.807) is 7.11 Å². The molecule has 2 aliphatic rings. The van der Waals surface area contributed by atoms with Gasteiger partial charge in [0.05, 0.1) is 7.11 Å². The van der Waals surface area contributed by atoms with Gasteiger partial charge in [-0.05, 0) is 30.4 Å². The Morgan fingerprint density at radius 1 is 1.14 bits per heavy atom. The second-order valence-electron chi connectivity index (χ2n) is 6.04. The van der Waals surface area contributed by atoms with E-state index < -0.39 is 0 Å². The Morgan fingerprint density at radius 2 is 1.86 bits per heavy atom. The standard InChI is InChI=1S/C17H21NO3/c1-21-14-9-5-4-8-12(14)13-10-15(19)18-17(20)16(13)11-6-2-3-7-11/h4-5,8-9,11,13,16H,2-3,6-7,10H2,1H3,(H,18,19,20). The van der Waals surface area contributed by atoms with Crippen molar-refractivity contribution < 1.29 is 14.3 Å². The third-order valence-electron chi connectivity index (χ3n) is 4.85. The Morgan fingerprint density at radius 3 is 2.57 bits per heavy atom. The molecule has 4 nitrogen and oxygen atoms in total. The largest absolute Gasteiger partial charge is 0.496 e. The summed E-state index contributed by atoms with van der Waals surface area (Å²) in [6.07, 6.45) is 4.89. The zero-order valence-corrected chi connectivity index (χ0v) is 12.3. The van der Waals surface area contributed by atoms with Crippen LogP contribution in [0.25, 0.3) is 0 Å². The highest BCUT2D eigenvalue weighted by atomic mass is 16.5. The first-order chi connectivity index (χ1) is 10.2. The van der Waals surface area contributed by atoms with Gasteiger partial charge in [0.1, 0.15) is 5.75 Å². The summed E-state index contributed by atoms with van der Waals surface area (Å²) in [5.74, 6) is 0.701. The quantitative estimate of drug-likeness (QED) is 0.869. The van der Waals surface area contributed by atoms with E-state index in [0.29, 0.717) is 12.3 Å². The number of hydrogen-bond acceptors (Lipinski definition) is 3. The van der Waals surface area contributed by atoms with Gasteiger partial charge in [0.15, 0.2) is 0 Å². The summed E-state index contributed by atoms with van der Waals surface area (Å²) in [6, 6.07) is 7.74. The Balaban J connectivity index is 1.98. The molecule has 1 saturated carbocycles. The number of imide groups is 1. The van der Waals surface area contributed by atoms with Gasteiger partial charge < -0.3 is 4.74 Å². The maximum absolute atomic E-state index is 12.4. The number of carbonyl (C=O) groups excluding carboxylic acids is 2. The molecule has 2 fully saturated rings. The van der Waals surface area contributed by atoms with Crippen molar-refractivity contribution in [3.8, 4) is 5.75 Å². The van der Waals surface area contributed by atoms with E-state index in [0.717, 1.165) is 24.2 Å². The number of nitrogens with one attached hydrogen (secondary N) is 1. The molecule has 0 bridgehead atoms. The maximum atomic E-state index is 12.4. The number of benzene rings is 1. The Bertz CT molecular complexity index is 549. The lowest BCUT2D eigenvalue weighted by Gasteiger charge is -2.34. The molecule has 1 saturated heterocycles. The zero-order valence-electron chi connectivity index (χ0n) is 12.3. The maximum Gasteiger partial charge on any atom is 0.230 e. The van der Waals surface area contributed by atoms with E-state index in [4.69, 9.17) is 4.74 Å². The van der Waals surface area contributed by atoms with Crippen molar-refractivity contribution in [2.45, 2.75) is 38.0 Å². The number of piperidine rings is 1. The molecule has 1 N–H and O–H groups in total. The van der Waals surface area contributed by atoms with Crippen molar-refractivity contribution >= 4 is 11.8 Å². The number of hydrogen-bond donors (Lipinski definition) is 1. The van der Waals surface area contributed by atoms with Crippen LogP contribution >= 0.6 is 0 Å². The number of methoxy groups -OCH3 is 1. The monoisotopic (exact) mass is 287 g/mol. The van der Waals surface area contributed by atoms with Crippen LogP contribution in [0.5, 0.6) is 5.75 Å². The average molecular weight is 287 g/mol. The highest BCUT2D eigenvalue weighted by molar-refractivity contribution is 6.00. The van der Waals surface area contributed by atoms with Crippen LogP contribution in [0.2, 0.25) is 0 Å². The molecule has 1 aliphatic carbocycles. The van der Waals surface area contributed by atoms with Gasteiger partial charge in [-0.2, -0.15) is 0 Å². The normalized spacial score (nSPS) is 26.7. The Labute approximate surface area is 124 Å². The van der Waals surface area contributed by atoms with Crippen LogP contribution in [0.1, 0.15) is 43.6 Å². The number of amides is 2. The van der Waals surface area contributed by atoms with Gasteiger partial charge >= 0.3 is 0 Å². The minimum atomic E-state index is -0.176. The summed E-state index contributed by atoms with van der Waals surface area (Å²) in [6.45, 7) is 0. The first-order valence-corrected chi connectivity index (χ1v) is 7.67. The van der Waals surface area contributed by atoms with E-state index >= 15 is 0 Å². The van der Waals surface area contributed by atoms with Gasteiger partial charge in [0.25, 0.3) is 0 Å². The van der Waals surface area contributed by atoms with Gasteiger partial charge in [-0.15, -0.1) is 0 Å². The lowest BCUT2D eigenvalue weighted by molar-refractivity contribution is -0.138. The van der Waals surface area contributed by atoms with Crippen molar-refractivity contribution in [2.75, 3.05) is 7.11 Å². The summed E-state index contributed by atoms with van der Waals surface area (Å²) in [5, 5.41) is 2.52. The fourth-order valence-corrected chi connectivity index (χ4v) is 3.92. The molecule has 1 aromatic carbocycles. The fraction of sp³-hybridized carbons (Fsp3) is 0.529. The predicted octanol–water partition coefficient (Wildman–Crippen LogP) is 2.63. The molecule has 112 valence electrons. The highest BCUT2D eigenvalue weighted by Crippen LogP contribution is 2.44. The van der Waals surface area contributed by atoms with Crippen molar-refractivity contribution in [1.82, 2.24) is 5.32 Å². The number of rotatable bonds is 3. The van der Waals surface area contributed by atoms with Gasteiger partial charge in [-0.3, -0.25) is 14.9 Å². The molecule has 4 heteroatoms. The lowest BCUT2D eigenvalue weighted by Crippen LogP contribution is -2.47. The van der Waals surface area contributed by atoms with Gasteiger partial charge in [0.2, 0.25) is 11.8 Å². The second-order valence-corrected chi connectivity index (χ2v) is 6.04. The second kappa shape index (κ2) is 5.88. The van der Waals surface area contributed by atoms with E-state index in [1.165, 1.54) is 12.8 Å². The van der Waals surface area contributed by atoms with Crippen molar-refractivity contribution in [1.29, 1.82) is 0 Å². The predicted molar refractivity (Wildman–Crippen MR) is 78.9 cm³/mol. The van der Waals surface area contributed by atoms with Crippen LogP contribution < -0.4 is 10.1 Å². The van der Waals surface area contributed by atoms with E-state index in [1.807, 2.05) is 24.3 Å². The molecule has 0 aromatic heterocycles. The first-order valence-electron chi connectivity index (χ1n) is 7.67. The van der Waals surface area contributed by atoms with E-state index in [9.17, 15) is 9.59 Å². The summed E-state index contributed by atoms with van der Waals surface area (Å²) in [7, 11) is 1.63. The minimum absolute atomic E-state index is 0.0644. The summed E-state index contributed by atoms with van der Waals surface area (Å²) in [4.78, 5) is 24.2. The third-order valence-corrected chi connectivity index (χ3v) is 4.85. The molecule has 0 radical (unpaired) electrons. The van der Waals surface area contributed by atoms with Crippen molar-refractivity contribution in [3.05, 3.63) is 29.8 Å². The molecule has 2 amide bonds. The smallest absolute Gasteiger partial charge is 0.230 e. The SMILES string of the molecule is COc1ccccc1C1CC(=O)NC(=O)C1C1CCCC1. The van der Waals surface area contributed by atoms with E-state index in [-0.39, 0.29) is 23.7 Å². The van der Waals surface area contributed by atoms with Crippen LogP contribution in [-0.4, -0.2) is 18.9 Å². The van der Waals surface area contributed by atoms with Crippen LogP contribution in [0, 0.1) is 11.8 Å². The van der Waals surface area contributed by atoms with Gasteiger partial charge in [-0.25, -0.2) is 0 Å². The molecular formula is C17H21NO3. The molecular weight excluding hydrogens is 266 g/mol. The third kappa shape index (κ3) is 2.67. The van der Waals surface area contributed by atoms with E-state index in [2.05, 4.69) is 5.32 Å². The Kier molecular flexibility index (Phi) is 3.95. The number of para-hydroxylation sites is 1. The summed E-state index contributed by atoms with van der Waals surface area (Å²) < 4.78 is 5.44. The van der Waals surface area contributed by atoms with Crippen LogP contribution in [0.4, 0.5) is 0 Å².